The molecular weight excluding hydrogens is 494 g/mol. The largest absolute Gasteiger partial charge is 0.382 e. The number of aryl methyl sites for hydroxylation is 1. The highest BCUT2D eigenvalue weighted by Gasteiger charge is 2.31. The van der Waals surface area contributed by atoms with E-state index in [1.54, 1.807) is 6.92 Å². The highest BCUT2D eigenvalue weighted by atomic mass is 79.9. The Morgan fingerprint density at radius 2 is 2.13 bits per heavy atom. The first kappa shape index (κ1) is 21.3. The molecule has 0 aliphatic carbocycles. The van der Waals surface area contributed by atoms with Gasteiger partial charge in [-0.05, 0) is 30.7 Å². The van der Waals surface area contributed by atoms with Crippen LogP contribution in [0.3, 0.4) is 0 Å². The molecule has 4 rings (SSSR count). The molecule has 3 N–H and O–H groups in total. The monoisotopic (exact) mass is 508 g/mol. The number of hydrogen-bond acceptors (Lipinski definition) is 6. The van der Waals surface area contributed by atoms with Gasteiger partial charge in [0, 0.05) is 21.8 Å². The molecule has 2 aromatic heterocycles. The van der Waals surface area contributed by atoms with Crippen LogP contribution in [0.5, 0.6) is 0 Å². The van der Waals surface area contributed by atoms with E-state index in [-0.39, 0.29) is 21.8 Å². The number of carbonyl (C=O) groups excluding carboxylic acids is 2. The summed E-state index contributed by atoms with van der Waals surface area (Å²) in [5.74, 6) is -1.33. The second-order valence-corrected chi connectivity index (χ2v) is 8.77. The third-order valence-corrected chi connectivity index (χ3v) is 6.29. The molecule has 11 heteroatoms. The first-order chi connectivity index (χ1) is 14.7. The number of thiophene rings is 1. The van der Waals surface area contributed by atoms with Gasteiger partial charge in [-0.1, -0.05) is 33.2 Å². The maximum Gasteiger partial charge on any atom is 0.280 e. The van der Waals surface area contributed by atoms with Crippen LogP contribution in [0.4, 0.5) is 14.5 Å². The van der Waals surface area contributed by atoms with Crippen molar-refractivity contribution in [3.63, 3.8) is 0 Å². The lowest BCUT2D eigenvalue weighted by molar-refractivity contribution is -0.125. The zero-order valence-corrected chi connectivity index (χ0v) is 18.4. The van der Waals surface area contributed by atoms with Crippen molar-refractivity contribution in [2.75, 3.05) is 5.32 Å². The van der Waals surface area contributed by atoms with Gasteiger partial charge in [-0.3, -0.25) is 9.59 Å². The number of benzene rings is 1. The number of primary amides is 1. The molecule has 0 spiro atoms. The topological polar surface area (TPSA) is 107 Å². The molecule has 3 aromatic rings. The van der Waals surface area contributed by atoms with Gasteiger partial charge >= 0.3 is 0 Å². The average Bonchev–Trinajstić information content (AvgIpc) is 3.33. The third kappa shape index (κ3) is 4.15. The van der Waals surface area contributed by atoms with Crippen LogP contribution in [0.15, 0.2) is 40.0 Å². The van der Waals surface area contributed by atoms with Crippen molar-refractivity contribution in [1.82, 2.24) is 4.98 Å². The lowest BCUT2D eigenvalue weighted by Crippen LogP contribution is -2.29. The predicted octanol–water partition coefficient (Wildman–Crippen LogP) is 4.54. The van der Waals surface area contributed by atoms with E-state index < -0.39 is 30.0 Å². The number of hydrogen-bond donors (Lipinski definition) is 2. The number of oxime groups is 1. The van der Waals surface area contributed by atoms with E-state index in [1.807, 2.05) is 24.3 Å². The molecule has 7 nitrogen and oxygen atoms in total. The van der Waals surface area contributed by atoms with Gasteiger partial charge in [0.15, 0.2) is 0 Å². The number of fused-ring (bicyclic) bond motifs is 1. The highest BCUT2D eigenvalue weighted by Crippen LogP contribution is 2.38. The summed E-state index contributed by atoms with van der Waals surface area (Å²) in [6.07, 6.45) is -3.46. The lowest BCUT2D eigenvalue weighted by Gasteiger charge is -2.11. The molecule has 0 radical (unpaired) electrons. The molecule has 2 amide bonds. The Labute approximate surface area is 187 Å². The van der Waals surface area contributed by atoms with E-state index in [0.717, 1.165) is 21.4 Å². The maximum atomic E-state index is 13.1. The number of alkyl halides is 2. The second-order valence-electron chi connectivity index (χ2n) is 6.85. The molecule has 0 bridgehead atoms. The molecule has 1 aliphatic heterocycles. The summed E-state index contributed by atoms with van der Waals surface area (Å²) in [6.45, 7) is 1.60. The molecule has 0 saturated heterocycles. The molecule has 3 heterocycles. The van der Waals surface area contributed by atoms with Gasteiger partial charge in [0.05, 0.1) is 11.4 Å². The van der Waals surface area contributed by atoms with Crippen molar-refractivity contribution >= 4 is 60.7 Å². The number of aromatic nitrogens is 1. The van der Waals surface area contributed by atoms with Gasteiger partial charge in [0.2, 0.25) is 6.10 Å². The number of anilines is 1. The quantitative estimate of drug-likeness (QED) is 0.527. The van der Waals surface area contributed by atoms with Crippen molar-refractivity contribution in [1.29, 1.82) is 0 Å². The van der Waals surface area contributed by atoms with Gasteiger partial charge in [0.25, 0.3) is 18.2 Å². The van der Waals surface area contributed by atoms with Crippen LogP contribution < -0.4 is 11.1 Å². The lowest BCUT2D eigenvalue weighted by atomic mass is 10.0. The van der Waals surface area contributed by atoms with Crippen molar-refractivity contribution in [2.45, 2.75) is 25.9 Å². The summed E-state index contributed by atoms with van der Waals surface area (Å²) in [6, 6.07) is 8.64. The van der Waals surface area contributed by atoms with Gasteiger partial charge in [-0.15, -0.1) is 11.3 Å². The van der Waals surface area contributed by atoms with E-state index in [4.69, 9.17) is 10.6 Å². The summed E-state index contributed by atoms with van der Waals surface area (Å²) < 4.78 is 27.1. The molecule has 0 fully saturated rings. The van der Waals surface area contributed by atoms with Crippen molar-refractivity contribution in [3.05, 3.63) is 56.5 Å². The first-order valence-corrected chi connectivity index (χ1v) is 10.7. The van der Waals surface area contributed by atoms with Crippen LogP contribution in [0.1, 0.15) is 39.3 Å². The number of pyridine rings is 1. The number of nitrogens with two attached hydrogens (primary N) is 1. The van der Waals surface area contributed by atoms with E-state index in [1.165, 1.54) is 6.07 Å². The molecule has 1 aromatic carbocycles. The molecule has 0 saturated carbocycles. The SMILES string of the molecule is Cc1cc(C(F)F)nc2sc(C(N)=O)c(NC(=O)C3CC(c4cccc(Br)c4)=NO3)c12. The van der Waals surface area contributed by atoms with E-state index >= 15 is 0 Å². The summed E-state index contributed by atoms with van der Waals surface area (Å²) in [5, 5.41) is 7.05. The Balaban J connectivity index is 1.62. The normalized spacial score (nSPS) is 15.8. The minimum Gasteiger partial charge on any atom is -0.382 e. The number of halogens is 3. The molecule has 1 aliphatic rings. The van der Waals surface area contributed by atoms with Gasteiger partial charge < -0.3 is 15.9 Å². The second kappa shape index (κ2) is 8.31. The van der Waals surface area contributed by atoms with E-state index in [2.05, 4.69) is 31.4 Å². The fourth-order valence-corrected chi connectivity index (χ4v) is 4.74. The first-order valence-electron chi connectivity index (χ1n) is 9.06. The van der Waals surface area contributed by atoms with Gasteiger partial charge in [-0.25, -0.2) is 13.8 Å². The van der Waals surface area contributed by atoms with Crippen LogP contribution in [-0.2, 0) is 9.63 Å². The molecule has 1 atom stereocenters. The van der Waals surface area contributed by atoms with Crippen LogP contribution in [0, 0.1) is 6.92 Å². The summed E-state index contributed by atoms with van der Waals surface area (Å²) >= 11 is 4.24. The Hall–Kier alpha value is -2.92. The number of nitrogens with one attached hydrogen (secondary N) is 1. The Morgan fingerprint density at radius 1 is 1.35 bits per heavy atom. The summed E-state index contributed by atoms with van der Waals surface area (Å²) in [5.41, 5.74) is 7.04. The molecular formula is C20H15BrF2N4O3S. The maximum absolute atomic E-state index is 13.1. The number of nitrogens with zero attached hydrogens (tertiary/aromatic N) is 2. The Bertz CT molecular complexity index is 1240. The average molecular weight is 509 g/mol. The van der Waals surface area contributed by atoms with Crippen molar-refractivity contribution in [2.24, 2.45) is 10.9 Å². The number of rotatable bonds is 5. The van der Waals surface area contributed by atoms with Crippen molar-refractivity contribution < 1.29 is 23.2 Å². The fourth-order valence-electron chi connectivity index (χ4n) is 3.27. The number of carbonyl (C=O) groups is 2. The van der Waals surface area contributed by atoms with E-state index in [0.29, 0.717) is 16.7 Å². The standard InChI is InChI=1S/C20H15BrF2N4O3S/c1-8-5-12(17(22)23)25-20-14(8)15(16(31-20)18(24)28)26-19(29)13-7-11(27-30-13)9-3-2-4-10(21)6-9/h2-6,13,17H,7H2,1H3,(H2,24,28)(H,26,29). The summed E-state index contributed by atoms with van der Waals surface area (Å²) in [7, 11) is 0. The molecule has 31 heavy (non-hydrogen) atoms. The van der Waals surface area contributed by atoms with Crippen LogP contribution in [-0.4, -0.2) is 28.6 Å². The van der Waals surface area contributed by atoms with E-state index in [9.17, 15) is 18.4 Å². The van der Waals surface area contributed by atoms with Crippen LogP contribution in [0.2, 0.25) is 0 Å². The smallest absolute Gasteiger partial charge is 0.280 e. The Kier molecular flexibility index (Phi) is 5.71. The zero-order chi connectivity index (χ0) is 22.3. The third-order valence-electron chi connectivity index (χ3n) is 4.69. The predicted molar refractivity (Wildman–Crippen MR) is 117 cm³/mol. The minimum absolute atomic E-state index is 0.0245. The van der Waals surface area contributed by atoms with Gasteiger partial charge in [-0.2, -0.15) is 0 Å². The fraction of sp³-hybridized carbons (Fsp3) is 0.200. The zero-order valence-electron chi connectivity index (χ0n) is 16.0. The van der Waals surface area contributed by atoms with Crippen LogP contribution >= 0.6 is 27.3 Å². The molecule has 1 unspecified atom stereocenters. The Morgan fingerprint density at radius 3 is 2.81 bits per heavy atom. The number of amides is 2. The van der Waals surface area contributed by atoms with Gasteiger partial charge in [0.1, 0.15) is 15.4 Å². The van der Waals surface area contributed by atoms with Crippen LogP contribution in [0.25, 0.3) is 10.2 Å². The summed E-state index contributed by atoms with van der Waals surface area (Å²) in [4.78, 5) is 34.2. The minimum atomic E-state index is -2.76. The van der Waals surface area contributed by atoms with Crippen molar-refractivity contribution in [3.8, 4) is 0 Å². The molecule has 160 valence electrons. The highest BCUT2D eigenvalue weighted by molar-refractivity contribution is 9.10.